The van der Waals surface area contributed by atoms with Crippen molar-refractivity contribution in [1.82, 2.24) is 4.42 Å². The van der Waals surface area contributed by atoms with Gasteiger partial charge in [-0.15, -0.1) is 0 Å². The van der Waals surface area contributed by atoms with E-state index in [4.69, 9.17) is 11.8 Å². The summed E-state index contributed by atoms with van der Waals surface area (Å²) in [5, 5.41) is 0. The molecule has 0 bridgehead atoms. The van der Waals surface area contributed by atoms with E-state index in [0.29, 0.717) is 0 Å². The van der Waals surface area contributed by atoms with Crippen molar-refractivity contribution < 1.29 is 0 Å². The maximum atomic E-state index is 6.03. The molecule has 0 unspecified atom stereocenters. The first-order valence-electron chi connectivity index (χ1n) is 4.23. The SMILES string of the molecule is ClN1CC=CC=C1c1ccccc1. The fourth-order valence-corrected chi connectivity index (χ4v) is 1.57. The molecule has 0 fully saturated rings. The number of halogens is 1. The molecule has 1 aromatic rings. The third kappa shape index (κ3) is 1.76. The molecular weight excluding hydrogens is 182 g/mol. The minimum atomic E-state index is 0.766. The standard InChI is InChI=1S/C11H10ClN/c12-13-9-5-4-8-11(13)10-6-2-1-3-7-10/h1-8H,9H2. The molecule has 1 aliphatic rings. The van der Waals surface area contributed by atoms with Gasteiger partial charge < -0.3 is 0 Å². The Kier molecular flexibility index (Phi) is 2.37. The quantitative estimate of drug-likeness (QED) is 0.617. The monoisotopic (exact) mass is 191 g/mol. The highest BCUT2D eigenvalue weighted by Crippen LogP contribution is 2.23. The van der Waals surface area contributed by atoms with E-state index in [2.05, 4.69) is 12.1 Å². The molecule has 0 N–H and O–H groups in total. The van der Waals surface area contributed by atoms with Gasteiger partial charge in [0.1, 0.15) is 0 Å². The van der Waals surface area contributed by atoms with E-state index in [9.17, 15) is 0 Å². The van der Waals surface area contributed by atoms with Crippen molar-refractivity contribution in [2.24, 2.45) is 0 Å². The normalized spacial score (nSPS) is 15.8. The molecule has 0 saturated heterocycles. The van der Waals surface area contributed by atoms with Crippen LogP contribution in [-0.2, 0) is 0 Å². The summed E-state index contributed by atoms with van der Waals surface area (Å²) in [5.41, 5.74) is 2.21. The van der Waals surface area contributed by atoms with E-state index in [0.717, 1.165) is 17.8 Å². The molecule has 0 aromatic heterocycles. The highest BCUT2D eigenvalue weighted by atomic mass is 35.5. The van der Waals surface area contributed by atoms with Crippen molar-refractivity contribution in [2.45, 2.75) is 0 Å². The van der Waals surface area contributed by atoms with Crippen LogP contribution in [-0.4, -0.2) is 11.0 Å². The largest absolute Gasteiger partial charge is 0.281 e. The Hall–Kier alpha value is -1.21. The summed E-state index contributed by atoms with van der Waals surface area (Å²) >= 11 is 6.03. The molecular formula is C11H10ClN. The Bertz CT molecular complexity index is 340. The zero-order valence-corrected chi connectivity index (χ0v) is 7.91. The average molecular weight is 192 g/mol. The Labute approximate surface area is 83.0 Å². The Morgan fingerprint density at radius 1 is 1.15 bits per heavy atom. The number of hydrogen-bond donors (Lipinski definition) is 0. The van der Waals surface area contributed by atoms with Crippen molar-refractivity contribution >= 4 is 17.5 Å². The van der Waals surface area contributed by atoms with Gasteiger partial charge in [0.15, 0.2) is 0 Å². The summed E-state index contributed by atoms with van der Waals surface area (Å²) in [6.07, 6.45) is 6.08. The molecule has 0 spiro atoms. The lowest BCUT2D eigenvalue weighted by Gasteiger charge is -2.20. The molecule has 0 atom stereocenters. The average Bonchev–Trinajstić information content (AvgIpc) is 2.20. The van der Waals surface area contributed by atoms with Crippen LogP contribution in [0.2, 0.25) is 0 Å². The van der Waals surface area contributed by atoms with E-state index in [1.54, 1.807) is 4.42 Å². The van der Waals surface area contributed by atoms with E-state index in [-0.39, 0.29) is 0 Å². The maximum Gasteiger partial charge on any atom is 0.0599 e. The lowest BCUT2D eigenvalue weighted by molar-refractivity contribution is 0.698. The Morgan fingerprint density at radius 3 is 2.62 bits per heavy atom. The van der Waals surface area contributed by atoms with Crippen LogP contribution in [0, 0.1) is 0 Å². The first-order chi connectivity index (χ1) is 6.38. The zero-order valence-electron chi connectivity index (χ0n) is 7.15. The first kappa shape index (κ1) is 8.39. The summed E-state index contributed by atoms with van der Waals surface area (Å²) in [6, 6.07) is 10.1. The second kappa shape index (κ2) is 3.67. The van der Waals surface area contributed by atoms with Gasteiger partial charge in [-0.2, -0.15) is 0 Å². The number of allylic oxidation sites excluding steroid dienone is 2. The summed E-state index contributed by atoms with van der Waals surface area (Å²) in [4.78, 5) is 0. The van der Waals surface area contributed by atoms with Gasteiger partial charge in [-0.1, -0.05) is 42.5 Å². The lowest BCUT2D eigenvalue weighted by Crippen LogP contribution is -2.12. The van der Waals surface area contributed by atoms with Crippen molar-refractivity contribution in [3.8, 4) is 0 Å². The van der Waals surface area contributed by atoms with Crippen LogP contribution in [0.4, 0.5) is 0 Å². The van der Waals surface area contributed by atoms with Crippen LogP contribution in [0.5, 0.6) is 0 Å². The molecule has 1 nitrogen and oxygen atoms in total. The predicted octanol–water partition coefficient (Wildman–Crippen LogP) is 3.05. The van der Waals surface area contributed by atoms with E-state index < -0.39 is 0 Å². The van der Waals surface area contributed by atoms with Gasteiger partial charge in [0.05, 0.1) is 12.2 Å². The first-order valence-corrected chi connectivity index (χ1v) is 4.57. The second-order valence-corrected chi connectivity index (χ2v) is 3.30. The Balaban J connectivity index is 2.35. The summed E-state index contributed by atoms with van der Waals surface area (Å²) in [7, 11) is 0. The van der Waals surface area contributed by atoms with Gasteiger partial charge in [-0.3, -0.25) is 4.42 Å². The van der Waals surface area contributed by atoms with E-state index in [1.807, 2.05) is 36.4 Å². The summed E-state index contributed by atoms with van der Waals surface area (Å²) in [6.45, 7) is 0.766. The van der Waals surface area contributed by atoms with Crippen molar-refractivity contribution in [3.63, 3.8) is 0 Å². The van der Waals surface area contributed by atoms with Crippen LogP contribution in [0.15, 0.2) is 48.6 Å². The van der Waals surface area contributed by atoms with Crippen LogP contribution >= 0.6 is 11.8 Å². The molecule has 1 aliphatic heterocycles. The van der Waals surface area contributed by atoms with Crippen LogP contribution in [0.25, 0.3) is 5.70 Å². The summed E-state index contributed by atoms with van der Waals surface area (Å²) in [5.74, 6) is 0. The predicted molar refractivity (Wildman–Crippen MR) is 56.1 cm³/mol. The van der Waals surface area contributed by atoms with Gasteiger partial charge in [0, 0.05) is 11.8 Å². The molecule has 0 radical (unpaired) electrons. The molecule has 0 saturated carbocycles. The van der Waals surface area contributed by atoms with Gasteiger partial charge >= 0.3 is 0 Å². The topological polar surface area (TPSA) is 3.24 Å². The molecule has 0 aliphatic carbocycles. The van der Waals surface area contributed by atoms with Gasteiger partial charge in [-0.05, 0) is 11.6 Å². The van der Waals surface area contributed by atoms with Gasteiger partial charge in [0.25, 0.3) is 0 Å². The highest BCUT2D eigenvalue weighted by molar-refractivity contribution is 6.17. The number of benzene rings is 1. The number of rotatable bonds is 1. The molecule has 13 heavy (non-hydrogen) atoms. The van der Waals surface area contributed by atoms with Crippen LogP contribution < -0.4 is 0 Å². The van der Waals surface area contributed by atoms with Crippen molar-refractivity contribution in [1.29, 1.82) is 0 Å². The summed E-state index contributed by atoms with van der Waals surface area (Å²) < 4.78 is 1.72. The van der Waals surface area contributed by atoms with Crippen LogP contribution in [0.3, 0.4) is 0 Å². The second-order valence-electron chi connectivity index (χ2n) is 2.89. The molecule has 1 aromatic carbocycles. The number of nitrogens with zero attached hydrogens (tertiary/aromatic N) is 1. The van der Waals surface area contributed by atoms with Gasteiger partial charge in [0.2, 0.25) is 0 Å². The third-order valence-electron chi connectivity index (χ3n) is 1.99. The maximum absolute atomic E-state index is 6.03. The van der Waals surface area contributed by atoms with Crippen molar-refractivity contribution in [3.05, 3.63) is 54.1 Å². The minimum absolute atomic E-state index is 0.766. The molecule has 2 rings (SSSR count). The number of hydrogen-bond acceptors (Lipinski definition) is 1. The molecule has 66 valence electrons. The van der Waals surface area contributed by atoms with Crippen LogP contribution in [0.1, 0.15) is 5.56 Å². The van der Waals surface area contributed by atoms with E-state index >= 15 is 0 Å². The minimum Gasteiger partial charge on any atom is -0.281 e. The Morgan fingerprint density at radius 2 is 1.92 bits per heavy atom. The third-order valence-corrected chi connectivity index (χ3v) is 2.31. The fourth-order valence-electron chi connectivity index (χ4n) is 1.34. The van der Waals surface area contributed by atoms with E-state index in [1.165, 1.54) is 0 Å². The van der Waals surface area contributed by atoms with Crippen molar-refractivity contribution in [2.75, 3.05) is 6.54 Å². The molecule has 1 heterocycles. The molecule has 0 amide bonds. The highest BCUT2D eigenvalue weighted by Gasteiger charge is 2.08. The molecule has 2 heteroatoms. The fraction of sp³-hybridized carbons (Fsp3) is 0.0909. The van der Waals surface area contributed by atoms with Gasteiger partial charge in [-0.25, -0.2) is 0 Å². The smallest absolute Gasteiger partial charge is 0.0599 e. The zero-order chi connectivity index (χ0) is 9.10. The lowest BCUT2D eigenvalue weighted by atomic mass is 10.1.